The summed E-state index contributed by atoms with van der Waals surface area (Å²) in [4.78, 5) is 10.7. The summed E-state index contributed by atoms with van der Waals surface area (Å²) in [7, 11) is 0. The van der Waals surface area contributed by atoms with Crippen LogP contribution in [0.1, 0.15) is 40.0 Å². The van der Waals surface area contributed by atoms with Crippen LogP contribution in [0, 0.1) is 11.8 Å². The van der Waals surface area contributed by atoms with E-state index in [9.17, 15) is 4.79 Å². The fourth-order valence-corrected chi connectivity index (χ4v) is 2.12. The van der Waals surface area contributed by atoms with Crippen LogP contribution in [0.25, 0.3) is 0 Å². The van der Waals surface area contributed by atoms with Crippen molar-refractivity contribution in [1.29, 1.82) is 0 Å². The Morgan fingerprint density at radius 3 is 2.50 bits per heavy atom. The van der Waals surface area contributed by atoms with E-state index < -0.39 is 12.0 Å². The number of carbonyl (C=O) groups is 1. The van der Waals surface area contributed by atoms with E-state index in [4.69, 9.17) is 5.11 Å². The van der Waals surface area contributed by atoms with Crippen LogP contribution in [0.5, 0.6) is 0 Å². The maximum absolute atomic E-state index is 10.7. The molecule has 0 spiro atoms. The SMILES string of the molecule is CC(NC1CCC(C)C(C)C1)C(=O)O. The van der Waals surface area contributed by atoms with Gasteiger partial charge in [0.05, 0.1) is 0 Å². The molecule has 1 rings (SSSR count). The molecule has 0 aromatic heterocycles. The minimum absolute atomic E-state index is 0.396. The van der Waals surface area contributed by atoms with Gasteiger partial charge < -0.3 is 10.4 Å². The summed E-state index contributed by atoms with van der Waals surface area (Å²) in [5.74, 6) is 0.742. The number of aliphatic carboxylic acids is 1. The van der Waals surface area contributed by atoms with Crippen molar-refractivity contribution in [2.24, 2.45) is 11.8 Å². The Morgan fingerprint density at radius 1 is 1.36 bits per heavy atom. The minimum atomic E-state index is -0.753. The molecule has 4 atom stereocenters. The number of hydrogen-bond donors (Lipinski definition) is 2. The van der Waals surface area contributed by atoms with Crippen LogP contribution >= 0.6 is 0 Å². The van der Waals surface area contributed by atoms with Crippen molar-refractivity contribution in [3.05, 3.63) is 0 Å². The molecule has 1 aliphatic carbocycles. The Balaban J connectivity index is 2.36. The van der Waals surface area contributed by atoms with Gasteiger partial charge in [-0.05, 0) is 38.0 Å². The first-order valence-electron chi connectivity index (χ1n) is 5.49. The summed E-state index contributed by atoms with van der Waals surface area (Å²) in [5.41, 5.74) is 0. The third kappa shape index (κ3) is 2.98. The molecule has 0 aromatic rings. The summed E-state index contributed by atoms with van der Waals surface area (Å²) in [6.07, 6.45) is 3.44. The van der Waals surface area contributed by atoms with Crippen LogP contribution in [0.4, 0.5) is 0 Å². The predicted molar refractivity (Wildman–Crippen MR) is 56.2 cm³/mol. The summed E-state index contributed by atoms with van der Waals surface area (Å²) < 4.78 is 0. The first-order chi connectivity index (χ1) is 6.50. The van der Waals surface area contributed by atoms with Gasteiger partial charge in [0.15, 0.2) is 0 Å². The molecule has 0 aliphatic heterocycles. The largest absolute Gasteiger partial charge is 0.480 e. The fourth-order valence-electron chi connectivity index (χ4n) is 2.12. The first-order valence-corrected chi connectivity index (χ1v) is 5.49. The average Bonchev–Trinajstić information content (AvgIpc) is 2.11. The van der Waals surface area contributed by atoms with Crippen LogP contribution < -0.4 is 5.32 Å². The van der Waals surface area contributed by atoms with Crippen LogP contribution in [0.3, 0.4) is 0 Å². The average molecular weight is 199 g/mol. The molecule has 0 amide bonds. The van der Waals surface area contributed by atoms with E-state index in [-0.39, 0.29) is 0 Å². The van der Waals surface area contributed by atoms with Crippen molar-refractivity contribution < 1.29 is 9.90 Å². The minimum Gasteiger partial charge on any atom is -0.480 e. The lowest BCUT2D eigenvalue weighted by atomic mass is 9.79. The van der Waals surface area contributed by atoms with Crippen LogP contribution in [-0.4, -0.2) is 23.2 Å². The monoisotopic (exact) mass is 199 g/mol. The Hall–Kier alpha value is -0.570. The third-order valence-corrected chi connectivity index (χ3v) is 3.45. The first kappa shape index (κ1) is 11.5. The van der Waals surface area contributed by atoms with Gasteiger partial charge in [-0.2, -0.15) is 0 Å². The second-order valence-electron chi connectivity index (χ2n) is 4.69. The molecule has 1 aliphatic rings. The molecule has 0 bridgehead atoms. The van der Waals surface area contributed by atoms with Crippen molar-refractivity contribution in [3.8, 4) is 0 Å². The van der Waals surface area contributed by atoms with Crippen molar-refractivity contribution in [1.82, 2.24) is 5.32 Å². The molecule has 4 unspecified atom stereocenters. The Labute approximate surface area is 85.9 Å². The number of carboxylic acid groups (broad SMARTS) is 1. The van der Waals surface area contributed by atoms with E-state index in [1.165, 1.54) is 6.42 Å². The van der Waals surface area contributed by atoms with Gasteiger partial charge in [-0.1, -0.05) is 13.8 Å². The zero-order valence-corrected chi connectivity index (χ0v) is 9.29. The van der Waals surface area contributed by atoms with E-state index in [0.717, 1.165) is 18.8 Å². The van der Waals surface area contributed by atoms with Gasteiger partial charge in [0.25, 0.3) is 0 Å². The van der Waals surface area contributed by atoms with Crippen molar-refractivity contribution in [3.63, 3.8) is 0 Å². The highest BCUT2D eigenvalue weighted by atomic mass is 16.4. The molecule has 3 heteroatoms. The lowest BCUT2D eigenvalue weighted by Crippen LogP contribution is -2.44. The molecule has 1 saturated carbocycles. The standard InChI is InChI=1S/C11H21NO2/c1-7-4-5-10(6-8(7)2)12-9(3)11(13)14/h7-10,12H,4-6H2,1-3H3,(H,13,14). The highest BCUT2D eigenvalue weighted by molar-refractivity contribution is 5.72. The number of rotatable bonds is 3. The quantitative estimate of drug-likeness (QED) is 0.729. The van der Waals surface area contributed by atoms with Gasteiger partial charge in [0.2, 0.25) is 0 Å². The Kier molecular flexibility index (Phi) is 3.93. The third-order valence-electron chi connectivity index (χ3n) is 3.45. The molecule has 0 saturated heterocycles. The maximum atomic E-state index is 10.7. The maximum Gasteiger partial charge on any atom is 0.320 e. The van der Waals surface area contributed by atoms with Gasteiger partial charge in [-0.15, -0.1) is 0 Å². The molecule has 1 fully saturated rings. The van der Waals surface area contributed by atoms with Crippen LogP contribution in [-0.2, 0) is 4.79 Å². The molecular weight excluding hydrogens is 178 g/mol. The number of hydrogen-bond acceptors (Lipinski definition) is 2. The summed E-state index contributed by atoms with van der Waals surface area (Å²) in [6, 6.07) is -0.0205. The molecular formula is C11H21NO2. The van der Waals surface area contributed by atoms with Crippen molar-refractivity contribution in [2.45, 2.75) is 52.1 Å². The molecule has 0 heterocycles. The fraction of sp³-hybridized carbons (Fsp3) is 0.909. The molecule has 82 valence electrons. The summed E-state index contributed by atoms with van der Waals surface area (Å²) >= 11 is 0. The zero-order chi connectivity index (χ0) is 10.7. The van der Waals surface area contributed by atoms with E-state index in [0.29, 0.717) is 12.0 Å². The highest BCUT2D eigenvalue weighted by Gasteiger charge is 2.26. The highest BCUT2D eigenvalue weighted by Crippen LogP contribution is 2.29. The molecule has 2 N–H and O–H groups in total. The molecule has 14 heavy (non-hydrogen) atoms. The Bertz CT molecular complexity index is 205. The van der Waals surface area contributed by atoms with Gasteiger partial charge in [-0.3, -0.25) is 4.79 Å². The van der Waals surface area contributed by atoms with E-state index in [1.54, 1.807) is 6.92 Å². The molecule has 3 nitrogen and oxygen atoms in total. The van der Waals surface area contributed by atoms with E-state index >= 15 is 0 Å². The van der Waals surface area contributed by atoms with Crippen molar-refractivity contribution in [2.75, 3.05) is 0 Å². The molecule has 0 aromatic carbocycles. The normalized spacial score (nSPS) is 35.2. The van der Waals surface area contributed by atoms with Crippen LogP contribution in [0.2, 0.25) is 0 Å². The van der Waals surface area contributed by atoms with Crippen molar-refractivity contribution >= 4 is 5.97 Å². The van der Waals surface area contributed by atoms with E-state index in [2.05, 4.69) is 19.2 Å². The topological polar surface area (TPSA) is 49.3 Å². The van der Waals surface area contributed by atoms with Crippen LogP contribution in [0.15, 0.2) is 0 Å². The second kappa shape index (κ2) is 4.78. The summed E-state index contributed by atoms with van der Waals surface area (Å²) in [6.45, 7) is 6.25. The van der Waals surface area contributed by atoms with Gasteiger partial charge >= 0.3 is 5.97 Å². The molecule has 0 radical (unpaired) electrons. The number of carboxylic acids is 1. The lowest BCUT2D eigenvalue weighted by molar-refractivity contribution is -0.139. The van der Waals surface area contributed by atoms with Gasteiger partial charge in [0, 0.05) is 6.04 Å². The smallest absolute Gasteiger partial charge is 0.320 e. The second-order valence-corrected chi connectivity index (χ2v) is 4.69. The van der Waals surface area contributed by atoms with Gasteiger partial charge in [0.1, 0.15) is 6.04 Å². The summed E-state index contributed by atoms with van der Waals surface area (Å²) in [5, 5.41) is 11.9. The predicted octanol–water partition coefficient (Wildman–Crippen LogP) is 1.87. The van der Waals surface area contributed by atoms with Gasteiger partial charge in [-0.25, -0.2) is 0 Å². The van der Waals surface area contributed by atoms with E-state index in [1.807, 2.05) is 0 Å². The lowest BCUT2D eigenvalue weighted by Gasteiger charge is -2.33. The zero-order valence-electron chi connectivity index (χ0n) is 9.29. The Morgan fingerprint density at radius 2 is 2.00 bits per heavy atom. The number of nitrogens with one attached hydrogen (secondary N) is 1.